The Hall–Kier alpha value is -1.97. The topological polar surface area (TPSA) is 63.1 Å². The van der Waals surface area contributed by atoms with Crippen molar-refractivity contribution >= 4 is 17.0 Å². The first-order chi connectivity index (χ1) is 8.72. The van der Waals surface area contributed by atoms with Crippen molar-refractivity contribution < 1.29 is 9.90 Å². The van der Waals surface area contributed by atoms with E-state index in [0.29, 0.717) is 17.4 Å². The Bertz CT molecular complexity index is 681. The fourth-order valence-corrected chi connectivity index (χ4v) is 3.29. The van der Waals surface area contributed by atoms with Crippen molar-refractivity contribution in [3.05, 3.63) is 35.2 Å². The normalized spacial score (nSPS) is 24.4. The van der Waals surface area contributed by atoms with Gasteiger partial charge in [0.2, 0.25) is 0 Å². The van der Waals surface area contributed by atoms with Gasteiger partial charge in [0.05, 0.1) is 28.0 Å². The molecule has 90 valence electrons. The maximum absolute atomic E-state index is 11.0. The average molecular weight is 240 g/mol. The van der Waals surface area contributed by atoms with Gasteiger partial charge in [-0.1, -0.05) is 0 Å². The minimum absolute atomic E-state index is 0.278. The lowest BCUT2D eigenvalue weighted by atomic mass is 10.00. The third-order valence-corrected chi connectivity index (χ3v) is 4.17. The minimum Gasteiger partial charge on any atom is -0.478 e. The lowest BCUT2D eigenvalue weighted by Gasteiger charge is -2.13. The Labute approximate surface area is 104 Å². The molecule has 0 amide bonds. The van der Waals surface area contributed by atoms with Crippen LogP contribution in [0.25, 0.3) is 11.0 Å². The molecule has 2 aliphatic rings. The maximum Gasteiger partial charge on any atom is 0.335 e. The van der Waals surface area contributed by atoms with Crippen LogP contribution in [-0.2, 0) is 0 Å². The van der Waals surface area contributed by atoms with E-state index in [4.69, 9.17) is 5.11 Å². The van der Waals surface area contributed by atoms with Crippen molar-refractivity contribution in [2.24, 2.45) is 0 Å². The number of carboxylic acid groups (broad SMARTS) is 1. The number of aromatic nitrogens is 2. The van der Waals surface area contributed by atoms with E-state index in [1.165, 1.54) is 19.3 Å². The highest BCUT2D eigenvalue weighted by atomic mass is 16.4. The number of hydrogen-bond acceptors (Lipinski definition) is 3. The third kappa shape index (κ3) is 1.23. The first kappa shape index (κ1) is 10.00. The van der Waals surface area contributed by atoms with Gasteiger partial charge in [-0.15, -0.1) is 0 Å². The van der Waals surface area contributed by atoms with Crippen molar-refractivity contribution in [3.8, 4) is 0 Å². The molecule has 4 nitrogen and oxygen atoms in total. The first-order valence-corrected chi connectivity index (χ1v) is 6.27. The molecule has 1 N–H and O–H groups in total. The van der Waals surface area contributed by atoms with Gasteiger partial charge < -0.3 is 5.11 Å². The molecule has 1 fully saturated rings. The molecule has 0 radical (unpaired) electrons. The summed E-state index contributed by atoms with van der Waals surface area (Å²) in [5, 5.41) is 8.99. The third-order valence-electron chi connectivity index (χ3n) is 4.17. The number of rotatable bonds is 1. The van der Waals surface area contributed by atoms with E-state index >= 15 is 0 Å². The summed E-state index contributed by atoms with van der Waals surface area (Å²) >= 11 is 0. The van der Waals surface area contributed by atoms with Gasteiger partial charge >= 0.3 is 5.97 Å². The van der Waals surface area contributed by atoms with Crippen LogP contribution in [0.1, 0.15) is 52.8 Å². The summed E-state index contributed by atoms with van der Waals surface area (Å²) in [5.74, 6) is 0.220. The molecule has 0 unspecified atom stereocenters. The Morgan fingerprint density at radius 2 is 1.78 bits per heavy atom. The van der Waals surface area contributed by atoms with E-state index < -0.39 is 5.97 Å². The van der Waals surface area contributed by atoms with E-state index in [1.807, 2.05) is 0 Å². The number of fused-ring (bicyclic) bond motifs is 6. The van der Waals surface area contributed by atoms with Crippen LogP contribution in [0, 0.1) is 0 Å². The molecule has 2 aliphatic carbocycles. The number of nitrogens with zero attached hydrogens (tertiary/aromatic N) is 2. The zero-order valence-corrected chi connectivity index (χ0v) is 9.76. The average Bonchev–Trinajstić information content (AvgIpc) is 2.97. The molecule has 2 bridgehead atoms. The number of hydrogen-bond donors (Lipinski definition) is 1. The van der Waals surface area contributed by atoms with E-state index in [1.54, 1.807) is 18.2 Å². The second kappa shape index (κ2) is 3.28. The van der Waals surface area contributed by atoms with Crippen LogP contribution < -0.4 is 0 Å². The van der Waals surface area contributed by atoms with Crippen molar-refractivity contribution in [3.63, 3.8) is 0 Å². The fourth-order valence-electron chi connectivity index (χ4n) is 3.29. The SMILES string of the molecule is O=C(O)c1ccc2nc3c(nc2c1)[C@H]1CC[C@@H]3C1. The van der Waals surface area contributed by atoms with Crippen molar-refractivity contribution in [2.75, 3.05) is 0 Å². The van der Waals surface area contributed by atoms with E-state index in [9.17, 15) is 4.79 Å². The van der Waals surface area contributed by atoms with E-state index in [2.05, 4.69) is 9.97 Å². The monoisotopic (exact) mass is 240 g/mol. The largest absolute Gasteiger partial charge is 0.478 e. The minimum atomic E-state index is -0.916. The smallest absolute Gasteiger partial charge is 0.335 e. The van der Waals surface area contributed by atoms with Gasteiger partial charge in [0.15, 0.2) is 0 Å². The summed E-state index contributed by atoms with van der Waals surface area (Å²) < 4.78 is 0. The Kier molecular flexibility index (Phi) is 1.82. The maximum atomic E-state index is 11.0. The molecule has 18 heavy (non-hydrogen) atoms. The summed E-state index contributed by atoms with van der Waals surface area (Å²) in [6.45, 7) is 0. The Balaban J connectivity index is 1.96. The van der Waals surface area contributed by atoms with Gasteiger partial charge in [-0.05, 0) is 37.5 Å². The molecule has 2 atom stereocenters. The molecule has 1 saturated carbocycles. The molecule has 4 heteroatoms. The zero-order valence-electron chi connectivity index (χ0n) is 9.76. The van der Waals surface area contributed by atoms with E-state index in [0.717, 1.165) is 16.9 Å². The van der Waals surface area contributed by atoms with Crippen molar-refractivity contribution in [1.82, 2.24) is 9.97 Å². The van der Waals surface area contributed by atoms with Crippen LogP contribution in [-0.4, -0.2) is 21.0 Å². The van der Waals surface area contributed by atoms with Crippen LogP contribution >= 0.6 is 0 Å². The highest BCUT2D eigenvalue weighted by Gasteiger charge is 2.39. The molecule has 1 heterocycles. The zero-order chi connectivity index (χ0) is 12.3. The highest BCUT2D eigenvalue weighted by molar-refractivity contribution is 5.92. The molecule has 0 spiro atoms. The molecule has 0 saturated heterocycles. The van der Waals surface area contributed by atoms with Crippen LogP contribution in [0.15, 0.2) is 18.2 Å². The quantitative estimate of drug-likeness (QED) is 0.832. The Morgan fingerprint density at radius 1 is 1.11 bits per heavy atom. The van der Waals surface area contributed by atoms with Crippen LogP contribution in [0.3, 0.4) is 0 Å². The number of benzene rings is 1. The molecule has 0 aliphatic heterocycles. The summed E-state index contributed by atoms with van der Waals surface area (Å²) in [5.41, 5.74) is 4.07. The predicted molar refractivity (Wildman–Crippen MR) is 65.8 cm³/mol. The molecule has 4 rings (SSSR count). The second-order valence-corrected chi connectivity index (χ2v) is 5.21. The standard InChI is InChI=1S/C14H12N2O2/c17-14(18)9-3-4-10-11(6-9)16-13-8-2-1-7(5-8)12(13)15-10/h3-4,6-8H,1-2,5H2,(H,17,18)/t7-,8+/m1/s1. The molecular formula is C14H12N2O2. The number of carboxylic acids is 1. The van der Waals surface area contributed by atoms with Crippen LogP contribution in [0.5, 0.6) is 0 Å². The molecule has 1 aromatic carbocycles. The van der Waals surface area contributed by atoms with Crippen molar-refractivity contribution in [2.45, 2.75) is 31.1 Å². The Morgan fingerprint density at radius 3 is 2.44 bits per heavy atom. The van der Waals surface area contributed by atoms with Gasteiger partial charge in [-0.3, -0.25) is 0 Å². The summed E-state index contributed by atoms with van der Waals surface area (Å²) in [6, 6.07) is 4.98. The van der Waals surface area contributed by atoms with Gasteiger partial charge in [0.25, 0.3) is 0 Å². The van der Waals surface area contributed by atoms with E-state index in [-0.39, 0.29) is 5.56 Å². The van der Waals surface area contributed by atoms with Gasteiger partial charge in [0, 0.05) is 11.8 Å². The summed E-state index contributed by atoms with van der Waals surface area (Å²) in [7, 11) is 0. The lowest BCUT2D eigenvalue weighted by Crippen LogP contribution is -2.05. The fraction of sp³-hybridized carbons (Fsp3) is 0.357. The molecule has 1 aromatic heterocycles. The molecular weight excluding hydrogens is 228 g/mol. The van der Waals surface area contributed by atoms with Gasteiger partial charge in [0.1, 0.15) is 0 Å². The summed E-state index contributed by atoms with van der Waals surface area (Å²) in [6.07, 6.45) is 3.61. The number of aromatic carboxylic acids is 1. The highest BCUT2D eigenvalue weighted by Crippen LogP contribution is 2.51. The number of carbonyl (C=O) groups is 1. The first-order valence-electron chi connectivity index (χ1n) is 6.27. The second-order valence-electron chi connectivity index (χ2n) is 5.21. The van der Waals surface area contributed by atoms with Crippen LogP contribution in [0.4, 0.5) is 0 Å². The summed E-state index contributed by atoms with van der Waals surface area (Å²) in [4.78, 5) is 20.3. The molecule has 2 aromatic rings. The lowest BCUT2D eigenvalue weighted by molar-refractivity contribution is 0.0697. The predicted octanol–water partition coefficient (Wildman–Crippen LogP) is 2.69. The van der Waals surface area contributed by atoms with Crippen molar-refractivity contribution in [1.29, 1.82) is 0 Å². The van der Waals surface area contributed by atoms with Gasteiger partial charge in [-0.25, -0.2) is 14.8 Å². The van der Waals surface area contributed by atoms with Crippen LogP contribution in [0.2, 0.25) is 0 Å². The van der Waals surface area contributed by atoms with Gasteiger partial charge in [-0.2, -0.15) is 0 Å².